The number of methoxy groups -OCH3 is 1. The van der Waals surface area contributed by atoms with Gasteiger partial charge in [-0.25, -0.2) is 14.4 Å². The average molecular weight is 516 g/mol. The molecule has 0 aliphatic heterocycles. The van der Waals surface area contributed by atoms with E-state index >= 15 is 0 Å². The number of carbonyl (C=O) groups is 1. The van der Waals surface area contributed by atoms with Crippen LogP contribution < -0.4 is 20.3 Å². The number of pyridine rings is 1. The third-order valence-electron chi connectivity index (χ3n) is 5.93. The van der Waals surface area contributed by atoms with E-state index in [1.54, 1.807) is 25.6 Å². The number of hydrogen-bond acceptors (Lipinski definition) is 8. The van der Waals surface area contributed by atoms with Crippen LogP contribution in [-0.2, 0) is 4.79 Å². The topological polar surface area (TPSA) is 95.5 Å². The van der Waals surface area contributed by atoms with E-state index in [9.17, 15) is 9.18 Å². The number of amides is 1. The molecule has 2 heterocycles. The molecule has 0 bridgehead atoms. The van der Waals surface area contributed by atoms with Crippen molar-refractivity contribution in [2.75, 3.05) is 56.9 Å². The summed E-state index contributed by atoms with van der Waals surface area (Å²) in [6.45, 7) is 5.11. The number of nitrogens with one attached hydrogen (secondary N) is 2. The highest BCUT2D eigenvalue weighted by molar-refractivity contribution is 6.02. The van der Waals surface area contributed by atoms with Crippen LogP contribution in [0.25, 0.3) is 22.0 Å². The Hall–Kier alpha value is -4.57. The number of nitrogens with zero attached hydrogens (tertiary/aromatic N) is 5. The maximum absolute atomic E-state index is 13.9. The number of aromatic nitrogens is 3. The Morgan fingerprint density at radius 3 is 2.63 bits per heavy atom. The number of halogens is 1. The molecule has 1 amide bonds. The van der Waals surface area contributed by atoms with Gasteiger partial charge < -0.3 is 25.2 Å². The maximum Gasteiger partial charge on any atom is 0.247 e. The summed E-state index contributed by atoms with van der Waals surface area (Å²) in [5, 5.41) is 6.89. The minimum absolute atomic E-state index is 0.308. The molecule has 0 aliphatic carbocycles. The molecule has 4 aromatic rings. The number of fused-ring (bicyclic) bond motifs is 1. The molecule has 196 valence electrons. The lowest BCUT2D eigenvalue weighted by atomic mass is 10.0. The van der Waals surface area contributed by atoms with Gasteiger partial charge in [0.2, 0.25) is 11.9 Å². The highest BCUT2D eigenvalue weighted by Gasteiger charge is 2.17. The lowest BCUT2D eigenvalue weighted by molar-refractivity contribution is -0.111. The minimum atomic E-state index is -0.429. The summed E-state index contributed by atoms with van der Waals surface area (Å²) in [7, 11) is 7.52. The summed E-state index contributed by atoms with van der Waals surface area (Å²) in [5.74, 6) is 0.0852. The van der Waals surface area contributed by atoms with Gasteiger partial charge in [0.25, 0.3) is 0 Å². The van der Waals surface area contributed by atoms with Gasteiger partial charge in [-0.3, -0.25) is 9.78 Å². The number of hydrogen-bond donors (Lipinski definition) is 2. The standard InChI is InChI=1S/C28H30FN7O2/c1-6-26(37)32-22-13-23(25(38-5)14-24(22)36(4)11-10-35(2)3)33-28-31-16-18-8-7-9-21(27(18)34-28)19-12-20(29)17-30-15-19/h6-9,12-17H,1,10-11H2,2-5H3,(H,32,37)(H,31,33,34). The predicted molar refractivity (Wildman–Crippen MR) is 150 cm³/mol. The van der Waals surface area contributed by atoms with E-state index in [0.717, 1.165) is 35.9 Å². The fourth-order valence-electron chi connectivity index (χ4n) is 3.93. The van der Waals surface area contributed by atoms with Crippen LogP contribution in [0.3, 0.4) is 0 Å². The third-order valence-corrected chi connectivity index (χ3v) is 5.93. The molecular formula is C28H30FN7O2. The fraction of sp³-hybridized carbons (Fsp3) is 0.214. The molecule has 0 aliphatic rings. The van der Waals surface area contributed by atoms with Crippen molar-refractivity contribution in [3.63, 3.8) is 0 Å². The lowest BCUT2D eigenvalue weighted by Crippen LogP contribution is -2.29. The molecule has 0 atom stereocenters. The van der Waals surface area contributed by atoms with Gasteiger partial charge in [0.05, 0.1) is 35.9 Å². The smallest absolute Gasteiger partial charge is 0.247 e. The zero-order valence-electron chi connectivity index (χ0n) is 21.8. The Morgan fingerprint density at radius 1 is 1.11 bits per heavy atom. The number of carbonyl (C=O) groups excluding carboxylic acids is 1. The second kappa shape index (κ2) is 11.7. The Labute approximate surface area is 221 Å². The molecule has 2 aromatic heterocycles. The summed E-state index contributed by atoms with van der Waals surface area (Å²) in [5.41, 5.74) is 3.88. The van der Waals surface area contributed by atoms with E-state index in [1.165, 1.54) is 12.1 Å². The second-order valence-electron chi connectivity index (χ2n) is 8.94. The highest BCUT2D eigenvalue weighted by atomic mass is 19.1. The van der Waals surface area contributed by atoms with Crippen molar-refractivity contribution in [1.82, 2.24) is 19.9 Å². The van der Waals surface area contributed by atoms with Gasteiger partial charge in [-0.1, -0.05) is 24.8 Å². The summed E-state index contributed by atoms with van der Waals surface area (Å²) in [4.78, 5) is 29.5. The van der Waals surface area contributed by atoms with E-state index in [4.69, 9.17) is 9.72 Å². The van der Waals surface area contributed by atoms with Crippen molar-refractivity contribution >= 4 is 39.8 Å². The SMILES string of the molecule is C=CC(=O)Nc1cc(Nc2ncc3cccc(-c4cncc(F)c4)c3n2)c(OC)cc1N(C)CCN(C)C. The van der Waals surface area contributed by atoms with Gasteiger partial charge in [-0.2, -0.15) is 0 Å². The number of likely N-dealkylation sites (N-methyl/N-ethyl adjacent to an activating group) is 2. The zero-order chi connectivity index (χ0) is 27.2. The number of benzene rings is 2. The molecule has 2 N–H and O–H groups in total. The molecule has 9 nitrogen and oxygen atoms in total. The van der Waals surface area contributed by atoms with Crippen LogP contribution >= 0.6 is 0 Å². The number of rotatable bonds is 10. The van der Waals surface area contributed by atoms with Crippen LogP contribution in [0.15, 0.2) is 67.6 Å². The van der Waals surface area contributed by atoms with E-state index in [1.807, 2.05) is 50.3 Å². The first-order valence-corrected chi connectivity index (χ1v) is 11.9. The van der Waals surface area contributed by atoms with E-state index < -0.39 is 5.82 Å². The largest absolute Gasteiger partial charge is 0.494 e. The summed E-state index contributed by atoms with van der Waals surface area (Å²) < 4.78 is 19.5. The molecule has 0 radical (unpaired) electrons. The highest BCUT2D eigenvalue weighted by Crippen LogP contribution is 2.38. The van der Waals surface area contributed by atoms with Crippen molar-refractivity contribution in [3.8, 4) is 16.9 Å². The average Bonchev–Trinajstić information content (AvgIpc) is 2.91. The fourth-order valence-corrected chi connectivity index (χ4v) is 3.93. The summed E-state index contributed by atoms with van der Waals surface area (Å²) >= 11 is 0. The maximum atomic E-state index is 13.9. The first kappa shape index (κ1) is 26.5. The Kier molecular flexibility index (Phi) is 8.12. The first-order chi connectivity index (χ1) is 18.3. The molecule has 0 unspecified atom stereocenters. The van der Waals surface area contributed by atoms with E-state index in [2.05, 4.69) is 32.1 Å². The molecule has 0 saturated carbocycles. The van der Waals surface area contributed by atoms with Gasteiger partial charge in [-0.15, -0.1) is 0 Å². The minimum Gasteiger partial charge on any atom is -0.494 e. The monoisotopic (exact) mass is 515 g/mol. The second-order valence-corrected chi connectivity index (χ2v) is 8.94. The normalized spacial score (nSPS) is 10.9. The van der Waals surface area contributed by atoms with Gasteiger partial charge in [0.1, 0.15) is 11.6 Å². The molecular weight excluding hydrogens is 485 g/mol. The van der Waals surface area contributed by atoms with Crippen molar-refractivity contribution in [3.05, 3.63) is 73.5 Å². The number of ether oxygens (including phenoxy) is 1. The Bertz CT molecular complexity index is 1480. The van der Waals surface area contributed by atoms with Crippen LogP contribution in [0.4, 0.5) is 27.4 Å². The van der Waals surface area contributed by atoms with Crippen molar-refractivity contribution in [1.29, 1.82) is 0 Å². The predicted octanol–water partition coefficient (Wildman–Crippen LogP) is 4.71. The number of para-hydroxylation sites is 1. The summed E-state index contributed by atoms with van der Waals surface area (Å²) in [6, 6.07) is 10.6. The lowest BCUT2D eigenvalue weighted by Gasteiger charge is -2.26. The quantitative estimate of drug-likeness (QED) is 0.293. The van der Waals surface area contributed by atoms with Crippen molar-refractivity contribution < 1.29 is 13.9 Å². The van der Waals surface area contributed by atoms with Crippen LogP contribution in [0, 0.1) is 5.82 Å². The van der Waals surface area contributed by atoms with Crippen molar-refractivity contribution in [2.45, 2.75) is 0 Å². The Balaban J connectivity index is 1.75. The van der Waals surface area contributed by atoms with Gasteiger partial charge in [0, 0.05) is 55.1 Å². The summed E-state index contributed by atoms with van der Waals surface area (Å²) in [6.07, 6.45) is 5.66. The van der Waals surface area contributed by atoms with Crippen LogP contribution in [-0.4, -0.2) is 67.1 Å². The van der Waals surface area contributed by atoms with Crippen LogP contribution in [0.2, 0.25) is 0 Å². The van der Waals surface area contributed by atoms with Gasteiger partial charge in [0.15, 0.2) is 0 Å². The van der Waals surface area contributed by atoms with Gasteiger partial charge >= 0.3 is 0 Å². The molecule has 0 fully saturated rings. The van der Waals surface area contributed by atoms with E-state index in [-0.39, 0.29) is 5.91 Å². The van der Waals surface area contributed by atoms with Crippen molar-refractivity contribution in [2.24, 2.45) is 0 Å². The van der Waals surface area contributed by atoms with Gasteiger partial charge in [-0.05, 0) is 32.3 Å². The molecule has 0 saturated heterocycles. The molecule has 4 rings (SSSR count). The van der Waals surface area contributed by atoms with E-state index in [0.29, 0.717) is 34.2 Å². The Morgan fingerprint density at radius 2 is 1.92 bits per heavy atom. The van der Waals surface area contributed by atoms with Crippen LogP contribution in [0.1, 0.15) is 0 Å². The third kappa shape index (κ3) is 6.04. The molecule has 2 aromatic carbocycles. The molecule has 38 heavy (non-hydrogen) atoms. The molecule has 10 heteroatoms. The molecule has 0 spiro atoms. The number of anilines is 4. The zero-order valence-corrected chi connectivity index (χ0v) is 21.8. The first-order valence-electron chi connectivity index (χ1n) is 11.9. The van der Waals surface area contributed by atoms with Crippen LogP contribution in [0.5, 0.6) is 5.75 Å².